The van der Waals surface area contributed by atoms with Crippen LogP contribution in [0.5, 0.6) is 5.75 Å². The van der Waals surface area contributed by atoms with E-state index in [1.54, 1.807) is 12.1 Å². The van der Waals surface area contributed by atoms with Crippen LogP contribution in [-0.2, 0) is 24.6 Å². The number of benzene rings is 1. The zero-order chi connectivity index (χ0) is 18.4. The summed E-state index contributed by atoms with van der Waals surface area (Å²) >= 11 is 0. The van der Waals surface area contributed by atoms with Crippen molar-refractivity contribution < 1.29 is 19.0 Å². The van der Waals surface area contributed by atoms with E-state index in [-0.39, 0.29) is 43.3 Å². The predicted molar refractivity (Wildman–Crippen MR) is 90.6 cm³/mol. The first-order valence-electron chi connectivity index (χ1n) is 7.90. The minimum Gasteiger partial charge on any atom is -0.483 e. The molecular formula is C18H21FN2O4. The summed E-state index contributed by atoms with van der Waals surface area (Å²) in [5.74, 6) is -0.536. The quantitative estimate of drug-likeness (QED) is 0.796. The van der Waals surface area contributed by atoms with Crippen LogP contribution < -0.4 is 15.5 Å². The summed E-state index contributed by atoms with van der Waals surface area (Å²) in [5.41, 5.74) is 0.626. The third-order valence-corrected chi connectivity index (χ3v) is 3.42. The molecule has 0 bridgehead atoms. The summed E-state index contributed by atoms with van der Waals surface area (Å²) in [6, 6.07) is 6.96. The van der Waals surface area contributed by atoms with Crippen LogP contribution in [0.15, 0.2) is 41.3 Å². The maximum atomic E-state index is 12.9. The van der Waals surface area contributed by atoms with Crippen LogP contribution in [0.4, 0.5) is 4.39 Å². The zero-order valence-corrected chi connectivity index (χ0v) is 14.2. The number of rotatable bonds is 7. The van der Waals surface area contributed by atoms with Crippen LogP contribution in [0.3, 0.4) is 0 Å². The average molecular weight is 348 g/mol. The molecule has 0 atom stereocenters. The number of nitrogens with one attached hydrogen (secondary N) is 1. The van der Waals surface area contributed by atoms with Crippen molar-refractivity contribution in [2.75, 3.05) is 0 Å². The van der Waals surface area contributed by atoms with E-state index in [2.05, 4.69) is 5.32 Å². The molecular weight excluding hydrogens is 327 g/mol. The molecule has 2 N–H and O–H groups in total. The Bertz CT molecular complexity index is 785. The second kappa shape index (κ2) is 8.43. The van der Waals surface area contributed by atoms with Crippen LogP contribution in [0, 0.1) is 5.82 Å². The maximum absolute atomic E-state index is 12.9. The molecule has 0 spiro atoms. The Hall–Kier alpha value is -2.67. The molecule has 0 radical (unpaired) electrons. The predicted octanol–water partition coefficient (Wildman–Crippen LogP) is 1.58. The number of ether oxygens (including phenoxy) is 1. The third kappa shape index (κ3) is 5.42. The van der Waals surface area contributed by atoms with Crippen molar-refractivity contribution in [1.29, 1.82) is 0 Å². The smallest absolute Gasteiger partial charge is 0.240 e. The standard InChI is InChI=1S/C18H21FN2O4/c1-12(2)20-18(24)9-21-8-17(16(23)7-15(21)10-22)25-11-13-3-5-14(19)6-4-13/h3-8,12,22H,9-11H2,1-2H3,(H,20,24). The summed E-state index contributed by atoms with van der Waals surface area (Å²) in [4.78, 5) is 24.0. The van der Waals surface area contributed by atoms with Crippen LogP contribution in [0.2, 0.25) is 0 Å². The number of aliphatic hydroxyl groups is 1. The summed E-state index contributed by atoms with van der Waals surface area (Å²) in [6.07, 6.45) is 1.40. The van der Waals surface area contributed by atoms with E-state index in [0.717, 1.165) is 0 Å². The maximum Gasteiger partial charge on any atom is 0.240 e. The fraction of sp³-hybridized carbons (Fsp3) is 0.333. The van der Waals surface area contributed by atoms with Crippen LogP contribution in [0.1, 0.15) is 25.1 Å². The minimum atomic E-state index is -0.397. The molecule has 2 aromatic rings. The van der Waals surface area contributed by atoms with Crippen molar-refractivity contribution in [3.8, 4) is 5.75 Å². The van der Waals surface area contributed by atoms with E-state index >= 15 is 0 Å². The van der Waals surface area contributed by atoms with Crippen LogP contribution in [-0.4, -0.2) is 21.6 Å². The molecule has 2 rings (SSSR count). The van der Waals surface area contributed by atoms with Crippen molar-refractivity contribution in [2.24, 2.45) is 0 Å². The summed E-state index contributed by atoms with van der Waals surface area (Å²) in [5, 5.41) is 12.1. The third-order valence-electron chi connectivity index (χ3n) is 3.42. The molecule has 25 heavy (non-hydrogen) atoms. The van der Waals surface area contributed by atoms with E-state index < -0.39 is 5.43 Å². The zero-order valence-electron chi connectivity index (χ0n) is 14.2. The average Bonchev–Trinajstić information content (AvgIpc) is 2.55. The van der Waals surface area contributed by atoms with Gasteiger partial charge in [0.25, 0.3) is 0 Å². The first-order valence-corrected chi connectivity index (χ1v) is 7.90. The van der Waals surface area contributed by atoms with Gasteiger partial charge in [-0.25, -0.2) is 4.39 Å². The highest BCUT2D eigenvalue weighted by molar-refractivity contribution is 5.76. The Kier molecular flexibility index (Phi) is 6.30. The van der Waals surface area contributed by atoms with Gasteiger partial charge in [-0.1, -0.05) is 12.1 Å². The Morgan fingerprint density at radius 1 is 1.32 bits per heavy atom. The fourth-order valence-corrected chi connectivity index (χ4v) is 2.25. The number of pyridine rings is 1. The Morgan fingerprint density at radius 2 is 2.00 bits per heavy atom. The second-order valence-corrected chi connectivity index (χ2v) is 5.92. The summed E-state index contributed by atoms with van der Waals surface area (Å²) in [6.45, 7) is 3.36. The van der Waals surface area contributed by atoms with Gasteiger partial charge in [0.2, 0.25) is 11.3 Å². The number of hydrogen-bond donors (Lipinski definition) is 2. The van der Waals surface area contributed by atoms with Crippen molar-refractivity contribution >= 4 is 5.91 Å². The lowest BCUT2D eigenvalue weighted by Gasteiger charge is -2.15. The molecule has 0 unspecified atom stereocenters. The van der Waals surface area contributed by atoms with Crippen molar-refractivity contribution in [3.05, 3.63) is 63.8 Å². The molecule has 1 amide bonds. The highest BCUT2D eigenvalue weighted by Gasteiger charge is 2.11. The van der Waals surface area contributed by atoms with E-state index in [1.807, 2.05) is 13.8 Å². The van der Waals surface area contributed by atoms with Gasteiger partial charge in [-0.3, -0.25) is 9.59 Å². The molecule has 134 valence electrons. The van der Waals surface area contributed by atoms with Gasteiger partial charge in [-0.05, 0) is 31.5 Å². The molecule has 0 saturated carbocycles. The fourth-order valence-electron chi connectivity index (χ4n) is 2.25. The minimum absolute atomic E-state index is 0.0151. The van der Waals surface area contributed by atoms with Gasteiger partial charge in [-0.2, -0.15) is 0 Å². The van der Waals surface area contributed by atoms with Gasteiger partial charge < -0.3 is 19.7 Å². The number of halogens is 1. The monoisotopic (exact) mass is 348 g/mol. The SMILES string of the molecule is CC(C)NC(=O)Cn1cc(OCc2ccc(F)cc2)c(=O)cc1CO. The molecule has 7 heteroatoms. The van der Waals surface area contributed by atoms with Gasteiger partial charge in [0.05, 0.1) is 12.8 Å². The van der Waals surface area contributed by atoms with Gasteiger partial charge >= 0.3 is 0 Å². The van der Waals surface area contributed by atoms with Crippen LogP contribution >= 0.6 is 0 Å². The van der Waals surface area contributed by atoms with E-state index in [1.165, 1.54) is 29.0 Å². The normalized spacial score (nSPS) is 10.8. The lowest BCUT2D eigenvalue weighted by Crippen LogP contribution is -2.34. The van der Waals surface area contributed by atoms with E-state index in [0.29, 0.717) is 11.3 Å². The number of aliphatic hydroxyl groups excluding tert-OH is 1. The molecule has 0 aliphatic rings. The number of hydrogen-bond acceptors (Lipinski definition) is 4. The molecule has 0 saturated heterocycles. The van der Waals surface area contributed by atoms with Gasteiger partial charge in [-0.15, -0.1) is 0 Å². The number of carbonyl (C=O) groups excluding carboxylic acids is 1. The molecule has 1 aromatic carbocycles. The summed E-state index contributed by atoms with van der Waals surface area (Å²) in [7, 11) is 0. The molecule has 0 aliphatic heterocycles. The Balaban J connectivity index is 2.17. The highest BCUT2D eigenvalue weighted by Crippen LogP contribution is 2.11. The van der Waals surface area contributed by atoms with Crippen LogP contribution in [0.25, 0.3) is 0 Å². The molecule has 0 aliphatic carbocycles. The van der Waals surface area contributed by atoms with Crippen molar-refractivity contribution in [3.63, 3.8) is 0 Å². The van der Waals surface area contributed by atoms with Crippen molar-refractivity contribution in [2.45, 2.75) is 39.6 Å². The van der Waals surface area contributed by atoms with Gasteiger partial charge in [0, 0.05) is 17.8 Å². The second-order valence-electron chi connectivity index (χ2n) is 5.92. The van der Waals surface area contributed by atoms with E-state index in [4.69, 9.17) is 4.74 Å². The highest BCUT2D eigenvalue weighted by atomic mass is 19.1. The number of nitrogens with zero attached hydrogens (tertiary/aromatic N) is 1. The van der Waals surface area contributed by atoms with E-state index in [9.17, 15) is 19.1 Å². The number of aromatic nitrogens is 1. The molecule has 1 heterocycles. The lowest BCUT2D eigenvalue weighted by molar-refractivity contribution is -0.122. The largest absolute Gasteiger partial charge is 0.483 e. The summed E-state index contributed by atoms with van der Waals surface area (Å²) < 4.78 is 19.9. The first-order chi connectivity index (χ1) is 11.9. The molecule has 6 nitrogen and oxygen atoms in total. The van der Waals surface area contributed by atoms with Gasteiger partial charge in [0.15, 0.2) is 5.75 Å². The number of amides is 1. The lowest BCUT2D eigenvalue weighted by atomic mass is 10.2. The molecule has 1 aromatic heterocycles. The number of carbonyl (C=O) groups is 1. The topological polar surface area (TPSA) is 80.6 Å². The Morgan fingerprint density at radius 3 is 2.60 bits per heavy atom. The van der Waals surface area contributed by atoms with Gasteiger partial charge in [0.1, 0.15) is 19.0 Å². The molecule has 0 fully saturated rings. The Labute approximate surface area is 144 Å². The first kappa shape index (κ1) is 18.7. The van der Waals surface area contributed by atoms with Crippen molar-refractivity contribution in [1.82, 2.24) is 9.88 Å².